The maximum Gasteiger partial charge on any atom is 0.243 e. The van der Waals surface area contributed by atoms with E-state index in [-0.39, 0.29) is 29.6 Å². The molecular weight excluding hydrogens is 471 g/mol. The van der Waals surface area contributed by atoms with Crippen LogP contribution in [0.5, 0.6) is 0 Å². The highest BCUT2D eigenvalue weighted by molar-refractivity contribution is 9.10. The molecule has 2 aromatic rings. The van der Waals surface area contributed by atoms with Gasteiger partial charge in [-0.3, -0.25) is 4.79 Å². The summed E-state index contributed by atoms with van der Waals surface area (Å²) >= 11 is 3.33. The molecule has 0 atom stereocenters. The quantitative estimate of drug-likeness (QED) is 0.572. The molecule has 1 saturated heterocycles. The minimum absolute atomic E-state index is 0.132. The van der Waals surface area contributed by atoms with Crippen LogP contribution in [0.3, 0.4) is 0 Å². The number of carbonyl (C=O) groups is 1. The van der Waals surface area contributed by atoms with Crippen LogP contribution in [0, 0.1) is 5.82 Å². The Balaban J connectivity index is 1.67. The molecule has 30 heavy (non-hydrogen) atoms. The van der Waals surface area contributed by atoms with Gasteiger partial charge in [-0.1, -0.05) is 34.5 Å². The summed E-state index contributed by atoms with van der Waals surface area (Å²) in [5.41, 5.74) is 1.17. The van der Waals surface area contributed by atoms with Gasteiger partial charge in [0, 0.05) is 36.2 Å². The van der Waals surface area contributed by atoms with E-state index in [4.69, 9.17) is 0 Å². The number of sulfonamides is 1. The van der Waals surface area contributed by atoms with Crippen LogP contribution >= 0.6 is 15.9 Å². The van der Waals surface area contributed by atoms with Gasteiger partial charge in [0.15, 0.2) is 0 Å². The molecular formula is C22H26BrFN2O3S. The van der Waals surface area contributed by atoms with E-state index >= 15 is 0 Å². The molecule has 0 spiro atoms. The van der Waals surface area contributed by atoms with Gasteiger partial charge < -0.3 is 4.90 Å². The van der Waals surface area contributed by atoms with Crippen LogP contribution in [-0.2, 0) is 27.8 Å². The lowest BCUT2D eigenvalue weighted by atomic mass is 10.1. The van der Waals surface area contributed by atoms with Gasteiger partial charge in [0.1, 0.15) is 5.82 Å². The first-order chi connectivity index (χ1) is 14.3. The molecule has 0 aromatic heterocycles. The van der Waals surface area contributed by atoms with Crippen LogP contribution in [-0.4, -0.2) is 43.2 Å². The zero-order valence-corrected chi connectivity index (χ0v) is 19.4. The molecule has 0 saturated carbocycles. The van der Waals surface area contributed by atoms with Gasteiger partial charge in [-0.2, -0.15) is 4.31 Å². The van der Waals surface area contributed by atoms with Crippen molar-refractivity contribution in [1.82, 2.24) is 9.21 Å². The monoisotopic (exact) mass is 496 g/mol. The van der Waals surface area contributed by atoms with Crippen LogP contribution in [0.25, 0.3) is 0 Å². The molecule has 8 heteroatoms. The summed E-state index contributed by atoms with van der Waals surface area (Å²) in [5.74, 6) is -0.486. The summed E-state index contributed by atoms with van der Waals surface area (Å²) < 4.78 is 41.8. The molecule has 5 nitrogen and oxygen atoms in total. The second-order valence-corrected chi connectivity index (χ2v) is 10.3. The fraction of sp³-hybridized carbons (Fsp3) is 0.409. The molecule has 1 aliphatic heterocycles. The van der Waals surface area contributed by atoms with Crippen LogP contribution in [0.2, 0.25) is 0 Å². The van der Waals surface area contributed by atoms with Crippen molar-refractivity contribution < 1.29 is 17.6 Å². The van der Waals surface area contributed by atoms with Crippen molar-refractivity contribution in [2.24, 2.45) is 0 Å². The van der Waals surface area contributed by atoms with Gasteiger partial charge in [-0.05, 0) is 55.7 Å². The molecule has 162 valence electrons. The summed E-state index contributed by atoms with van der Waals surface area (Å²) in [5, 5.41) is 0. The second-order valence-electron chi connectivity index (χ2n) is 7.43. The number of hydrogen-bond acceptors (Lipinski definition) is 3. The highest BCUT2D eigenvalue weighted by Crippen LogP contribution is 2.22. The maximum absolute atomic E-state index is 14.0. The van der Waals surface area contributed by atoms with Crippen LogP contribution in [0.4, 0.5) is 4.39 Å². The Kier molecular flexibility index (Phi) is 7.65. The molecule has 2 aromatic carbocycles. The molecule has 1 heterocycles. The van der Waals surface area contributed by atoms with Crippen molar-refractivity contribution in [2.75, 3.05) is 19.6 Å². The van der Waals surface area contributed by atoms with Gasteiger partial charge >= 0.3 is 0 Å². The van der Waals surface area contributed by atoms with E-state index in [9.17, 15) is 17.6 Å². The second kappa shape index (κ2) is 10.0. The topological polar surface area (TPSA) is 57.7 Å². The van der Waals surface area contributed by atoms with Gasteiger partial charge in [0.2, 0.25) is 15.9 Å². The van der Waals surface area contributed by atoms with Crippen molar-refractivity contribution in [1.29, 1.82) is 0 Å². The third-order valence-electron chi connectivity index (χ3n) is 5.33. The van der Waals surface area contributed by atoms with E-state index in [1.54, 1.807) is 41.3 Å². The number of piperidine rings is 1. The normalized spacial score (nSPS) is 15.2. The van der Waals surface area contributed by atoms with Gasteiger partial charge in [-0.25, -0.2) is 12.8 Å². The Bertz CT molecular complexity index is 990. The zero-order chi connectivity index (χ0) is 21.7. The summed E-state index contributed by atoms with van der Waals surface area (Å²) in [4.78, 5) is 14.6. The van der Waals surface area contributed by atoms with Crippen molar-refractivity contribution in [3.8, 4) is 0 Å². The molecule has 3 rings (SSSR count). The predicted octanol–water partition coefficient (Wildman–Crippen LogP) is 4.35. The summed E-state index contributed by atoms with van der Waals surface area (Å²) in [7, 11) is -3.49. The number of rotatable bonds is 7. The molecule has 0 bridgehead atoms. The van der Waals surface area contributed by atoms with E-state index < -0.39 is 10.0 Å². The highest BCUT2D eigenvalue weighted by atomic mass is 79.9. The average Bonchev–Trinajstić information content (AvgIpc) is 2.75. The first-order valence-electron chi connectivity index (χ1n) is 10.1. The third-order valence-corrected chi connectivity index (χ3v) is 7.74. The lowest BCUT2D eigenvalue weighted by Gasteiger charge is -2.26. The minimum Gasteiger partial charge on any atom is -0.338 e. The average molecular weight is 497 g/mol. The van der Waals surface area contributed by atoms with E-state index in [1.165, 1.54) is 10.4 Å². The molecule has 0 radical (unpaired) electrons. The van der Waals surface area contributed by atoms with Crippen LogP contribution in [0.1, 0.15) is 37.3 Å². The van der Waals surface area contributed by atoms with Crippen molar-refractivity contribution >= 4 is 31.9 Å². The summed E-state index contributed by atoms with van der Waals surface area (Å²) in [6.07, 6.45) is 2.97. The van der Waals surface area contributed by atoms with E-state index in [2.05, 4.69) is 15.9 Å². The lowest BCUT2D eigenvalue weighted by Crippen LogP contribution is -2.35. The number of halogens is 2. The maximum atomic E-state index is 14.0. The van der Waals surface area contributed by atoms with Gasteiger partial charge in [-0.15, -0.1) is 0 Å². The fourth-order valence-electron chi connectivity index (χ4n) is 3.57. The first-order valence-corrected chi connectivity index (χ1v) is 12.4. The van der Waals surface area contributed by atoms with E-state index in [0.29, 0.717) is 25.2 Å². The fourth-order valence-corrected chi connectivity index (χ4v) is 5.49. The smallest absolute Gasteiger partial charge is 0.243 e. The van der Waals surface area contributed by atoms with Crippen LogP contribution < -0.4 is 0 Å². The van der Waals surface area contributed by atoms with Crippen LogP contribution in [0.15, 0.2) is 51.8 Å². The number of amides is 1. The Morgan fingerprint density at radius 3 is 2.40 bits per heavy atom. The number of nitrogens with zero attached hydrogens (tertiary/aromatic N) is 2. The minimum atomic E-state index is -3.49. The standard InChI is InChI=1S/C22H26BrFN2O3S/c1-2-25(16-18-15-19(23)8-11-21(18)24)22(27)14-17-6-9-20(10-7-17)30(28,29)26-12-4-3-5-13-26/h6-11,15H,2-5,12-14,16H2,1H3. The molecule has 0 N–H and O–H groups in total. The predicted molar refractivity (Wildman–Crippen MR) is 118 cm³/mol. The molecule has 0 unspecified atom stereocenters. The van der Waals surface area contributed by atoms with E-state index in [1.807, 2.05) is 6.92 Å². The van der Waals surface area contributed by atoms with Crippen molar-refractivity contribution in [2.45, 2.75) is 44.0 Å². The van der Waals surface area contributed by atoms with Gasteiger partial charge in [0.05, 0.1) is 11.3 Å². The van der Waals surface area contributed by atoms with Crippen molar-refractivity contribution in [3.05, 3.63) is 63.9 Å². The molecule has 1 amide bonds. The number of likely N-dealkylation sites (N-methyl/N-ethyl adjacent to an activating group) is 1. The number of hydrogen-bond donors (Lipinski definition) is 0. The number of carbonyl (C=O) groups excluding carboxylic acids is 1. The Hall–Kier alpha value is -1.77. The molecule has 0 aliphatic carbocycles. The highest BCUT2D eigenvalue weighted by Gasteiger charge is 2.25. The van der Waals surface area contributed by atoms with Gasteiger partial charge in [0.25, 0.3) is 0 Å². The zero-order valence-electron chi connectivity index (χ0n) is 17.0. The first kappa shape index (κ1) is 22.9. The largest absolute Gasteiger partial charge is 0.338 e. The summed E-state index contributed by atoms with van der Waals surface area (Å²) in [6.45, 7) is 3.59. The SMILES string of the molecule is CCN(Cc1cc(Br)ccc1F)C(=O)Cc1ccc(S(=O)(=O)N2CCCCC2)cc1. The van der Waals surface area contributed by atoms with Crippen molar-refractivity contribution in [3.63, 3.8) is 0 Å². The Morgan fingerprint density at radius 2 is 1.77 bits per heavy atom. The number of benzene rings is 2. The molecule has 1 fully saturated rings. The summed E-state index contributed by atoms with van der Waals surface area (Å²) in [6, 6.07) is 11.2. The Morgan fingerprint density at radius 1 is 1.10 bits per heavy atom. The van der Waals surface area contributed by atoms with E-state index in [0.717, 1.165) is 29.3 Å². The lowest BCUT2D eigenvalue weighted by molar-refractivity contribution is -0.130. The third kappa shape index (κ3) is 5.47. The molecule has 1 aliphatic rings. The Labute approximate surface area is 186 Å².